The zero-order valence-electron chi connectivity index (χ0n) is 21.2. The largest absolute Gasteiger partial charge is 0.490 e. The SMILES string of the molecule is CCOc1cc(/C=C2\C(=O)NC(=O)N(c3ccc(C)c(Cl)c3)C2=O)cc(Br)c1OCC(=O)Nc1ccc(Cl)cc1. The van der Waals surface area contributed by atoms with Crippen LogP contribution < -0.4 is 25.0 Å². The van der Waals surface area contributed by atoms with E-state index in [1.165, 1.54) is 12.1 Å². The number of benzene rings is 3. The second-order valence-corrected chi connectivity index (χ2v) is 10.2. The highest BCUT2D eigenvalue weighted by atomic mass is 79.9. The van der Waals surface area contributed by atoms with Crippen LogP contribution >= 0.6 is 39.1 Å². The van der Waals surface area contributed by atoms with Gasteiger partial charge >= 0.3 is 6.03 Å². The van der Waals surface area contributed by atoms with Crippen molar-refractivity contribution in [3.63, 3.8) is 0 Å². The number of aryl methyl sites for hydroxylation is 1. The second kappa shape index (κ2) is 12.5. The highest BCUT2D eigenvalue weighted by molar-refractivity contribution is 9.10. The molecule has 0 unspecified atom stereocenters. The fourth-order valence-electron chi connectivity index (χ4n) is 3.72. The Kier molecular flexibility index (Phi) is 9.14. The van der Waals surface area contributed by atoms with Crippen molar-refractivity contribution in [2.75, 3.05) is 23.4 Å². The van der Waals surface area contributed by atoms with Crippen LogP contribution in [-0.4, -0.2) is 37.0 Å². The van der Waals surface area contributed by atoms with E-state index in [0.717, 1.165) is 10.5 Å². The molecule has 1 heterocycles. The average Bonchev–Trinajstić information content (AvgIpc) is 2.89. The number of nitrogens with zero attached hydrogens (tertiary/aromatic N) is 1. The summed E-state index contributed by atoms with van der Waals surface area (Å²) in [6, 6.07) is 13.6. The fraction of sp³-hybridized carbons (Fsp3) is 0.143. The topological polar surface area (TPSA) is 114 Å². The Bertz CT molecular complexity index is 1540. The minimum Gasteiger partial charge on any atom is -0.490 e. The Balaban J connectivity index is 1.58. The summed E-state index contributed by atoms with van der Waals surface area (Å²) in [5.41, 5.74) is 1.66. The summed E-state index contributed by atoms with van der Waals surface area (Å²) < 4.78 is 11.8. The maximum absolute atomic E-state index is 13.3. The van der Waals surface area contributed by atoms with Crippen LogP contribution in [0.5, 0.6) is 11.5 Å². The van der Waals surface area contributed by atoms with E-state index in [2.05, 4.69) is 26.6 Å². The van der Waals surface area contributed by atoms with Crippen LogP contribution in [0.2, 0.25) is 10.0 Å². The first-order chi connectivity index (χ1) is 19.1. The van der Waals surface area contributed by atoms with Crippen LogP contribution in [0, 0.1) is 6.92 Å². The summed E-state index contributed by atoms with van der Waals surface area (Å²) in [4.78, 5) is 51.7. The molecule has 0 spiro atoms. The maximum atomic E-state index is 13.3. The number of carbonyl (C=O) groups is 4. The zero-order valence-corrected chi connectivity index (χ0v) is 24.3. The normalized spacial score (nSPS) is 14.3. The van der Waals surface area contributed by atoms with Gasteiger partial charge in [0.2, 0.25) is 0 Å². The number of barbiturate groups is 1. The first-order valence-electron chi connectivity index (χ1n) is 11.9. The van der Waals surface area contributed by atoms with Crippen LogP contribution in [0.25, 0.3) is 6.08 Å². The molecule has 0 bridgehead atoms. The summed E-state index contributed by atoms with van der Waals surface area (Å²) in [7, 11) is 0. The number of nitrogens with one attached hydrogen (secondary N) is 2. The van der Waals surface area contributed by atoms with Crippen LogP contribution in [0.3, 0.4) is 0 Å². The average molecular weight is 647 g/mol. The monoisotopic (exact) mass is 645 g/mol. The van der Waals surface area contributed by atoms with Crippen molar-refractivity contribution in [3.8, 4) is 11.5 Å². The smallest absolute Gasteiger partial charge is 0.335 e. The van der Waals surface area contributed by atoms with Gasteiger partial charge in [-0.25, -0.2) is 9.69 Å². The lowest BCUT2D eigenvalue weighted by molar-refractivity contribution is -0.122. The van der Waals surface area contributed by atoms with Crippen molar-refractivity contribution < 1.29 is 28.7 Å². The predicted octanol–water partition coefficient (Wildman–Crippen LogP) is 6.15. The fourth-order valence-corrected chi connectivity index (χ4v) is 4.60. The zero-order chi connectivity index (χ0) is 29.0. The lowest BCUT2D eigenvalue weighted by Gasteiger charge is -2.26. The third-order valence-electron chi connectivity index (χ3n) is 5.63. The van der Waals surface area contributed by atoms with Crippen LogP contribution in [0.1, 0.15) is 18.1 Å². The van der Waals surface area contributed by atoms with Gasteiger partial charge in [0.15, 0.2) is 18.1 Å². The van der Waals surface area contributed by atoms with Crippen molar-refractivity contribution in [2.45, 2.75) is 13.8 Å². The van der Waals surface area contributed by atoms with Crippen LogP contribution in [0.15, 0.2) is 64.6 Å². The Morgan fingerprint density at radius 2 is 1.77 bits per heavy atom. The number of halogens is 3. The molecule has 3 aromatic rings. The molecule has 0 saturated carbocycles. The van der Waals surface area contributed by atoms with E-state index in [1.54, 1.807) is 62.4 Å². The van der Waals surface area contributed by atoms with Gasteiger partial charge in [-0.15, -0.1) is 0 Å². The summed E-state index contributed by atoms with van der Waals surface area (Å²) >= 11 is 15.5. The van der Waals surface area contributed by atoms with Crippen molar-refractivity contribution in [2.24, 2.45) is 0 Å². The van der Waals surface area contributed by atoms with E-state index in [9.17, 15) is 19.2 Å². The number of rotatable bonds is 8. The third kappa shape index (κ3) is 6.64. The van der Waals surface area contributed by atoms with E-state index in [4.69, 9.17) is 32.7 Å². The number of anilines is 2. The van der Waals surface area contributed by atoms with E-state index in [1.807, 2.05) is 0 Å². The maximum Gasteiger partial charge on any atom is 0.335 e. The molecule has 0 aromatic heterocycles. The molecule has 1 saturated heterocycles. The number of urea groups is 1. The van der Waals surface area contributed by atoms with Crippen molar-refractivity contribution in [1.29, 1.82) is 0 Å². The second-order valence-electron chi connectivity index (χ2n) is 8.50. The van der Waals surface area contributed by atoms with E-state index in [-0.39, 0.29) is 36.0 Å². The van der Waals surface area contributed by atoms with Gasteiger partial charge in [-0.05, 0) is 95.5 Å². The Hall–Kier alpha value is -3.86. The number of hydrogen-bond donors (Lipinski definition) is 2. The van der Waals surface area contributed by atoms with Gasteiger partial charge in [-0.1, -0.05) is 29.3 Å². The third-order valence-corrected chi connectivity index (χ3v) is 6.88. The van der Waals surface area contributed by atoms with E-state index >= 15 is 0 Å². The molecule has 1 fully saturated rings. The van der Waals surface area contributed by atoms with Gasteiger partial charge in [0.1, 0.15) is 5.57 Å². The van der Waals surface area contributed by atoms with Gasteiger partial charge < -0.3 is 14.8 Å². The molecule has 4 rings (SSSR count). The molecular weight excluding hydrogens is 625 g/mol. The predicted molar refractivity (Wildman–Crippen MR) is 156 cm³/mol. The van der Waals surface area contributed by atoms with Gasteiger partial charge in [0, 0.05) is 15.7 Å². The van der Waals surface area contributed by atoms with E-state index in [0.29, 0.717) is 25.8 Å². The first-order valence-corrected chi connectivity index (χ1v) is 13.4. The Labute approximate surface area is 248 Å². The minimum absolute atomic E-state index is 0.216. The van der Waals surface area contributed by atoms with Gasteiger partial charge in [0.25, 0.3) is 17.7 Å². The van der Waals surface area contributed by atoms with Crippen molar-refractivity contribution in [1.82, 2.24) is 5.32 Å². The van der Waals surface area contributed by atoms with Gasteiger partial charge in [0.05, 0.1) is 16.8 Å². The molecule has 1 aliphatic rings. The lowest BCUT2D eigenvalue weighted by atomic mass is 10.1. The summed E-state index contributed by atoms with van der Waals surface area (Å²) in [6.45, 7) is 3.51. The molecule has 40 heavy (non-hydrogen) atoms. The molecule has 3 aromatic carbocycles. The first kappa shape index (κ1) is 29.1. The minimum atomic E-state index is -0.885. The lowest BCUT2D eigenvalue weighted by Crippen LogP contribution is -2.54. The molecule has 12 heteroatoms. The number of hydrogen-bond acceptors (Lipinski definition) is 6. The number of ether oxygens (including phenoxy) is 2. The molecule has 2 N–H and O–H groups in total. The quantitative estimate of drug-likeness (QED) is 0.224. The molecule has 0 aliphatic carbocycles. The van der Waals surface area contributed by atoms with Gasteiger partial charge in [-0.3, -0.25) is 19.7 Å². The summed E-state index contributed by atoms with van der Waals surface area (Å²) in [5.74, 6) is -1.56. The number of carbonyl (C=O) groups excluding carboxylic acids is 4. The molecule has 5 amide bonds. The highest BCUT2D eigenvalue weighted by Gasteiger charge is 2.37. The molecule has 9 nitrogen and oxygen atoms in total. The molecule has 0 atom stereocenters. The van der Waals surface area contributed by atoms with Gasteiger partial charge in [-0.2, -0.15) is 0 Å². The van der Waals surface area contributed by atoms with Crippen LogP contribution in [-0.2, 0) is 14.4 Å². The van der Waals surface area contributed by atoms with Crippen molar-refractivity contribution in [3.05, 3.63) is 85.8 Å². The standard InChI is InChI=1S/C28H22BrCl2N3O6/c1-3-39-23-12-16(11-21(29)25(23)40-14-24(35)32-18-7-5-17(30)6-8-18)10-20-26(36)33-28(38)34(27(20)37)19-9-4-15(2)22(31)13-19/h4-13H,3,14H2,1-2H3,(H,32,35)(H,33,36,38)/b20-10+. The number of imide groups is 2. The molecule has 206 valence electrons. The Morgan fingerprint density at radius 3 is 2.45 bits per heavy atom. The van der Waals surface area contributed by atoms with Crippen molar-refractivity contribution >= 4 is 80.3 Å². The summed E-state index contributed by atoms with van der Waals surface area (Å²) in [5, 5.41) is 5.79. The van der Waals surface area contributed by atoms with E-state index < -0.39 is 23.8 Å². The highest BCUT2D eigenvalue weighted by Crippen LogP contribution is 2.38. The Morgan fingerprint density at radius 1 is 1.05 bits per heavy atom. The molecular formula is C28H22BrCl2N3O6. The summed E-state index contributed by atoms with van der Waals surface area (Å²) in [6.07, 6.45) is 1.33. The molecule has 1 aliphatic heterocycles. The number of amides is 5. The molecule has 0 radical (unpaired) electrons. The van der Waals surface area contributed by atoms with Crippen LogP contribution in [0.4, 0.5) is 16.2 Å².